The Hall–Kier alpha value is -1.78. The molecule has 0 unspecified atom stereocenters. The quantitative estimate of drug-likeness (QED) is 0.845. The minimum atomic E-state index is -0.840. The monoisotopic (exact) mass is 237 g/mol. The first-order valence-corrected chi connectivity index (χ1v) is 5.58. The molecule has 0 bridgehead atoms. The van der Waals surface area contributed by atoms with Gasteiger partial charge in [0.1, 0.15) is 5.76 Å². The Balaban J connectivity index is 2.12. The minimum Gasteiger partial charge on any atom is -0.481 e. The van der Waals surface area contributed by atoms with Gasteiger partial charge >= 0.3 is 5.97 Å². The lowest BCUT2D eigenvalue weighted by Gasteiger charge is -2.14. The number of carbonyl (C=O) groups is 2. The average molecular weight is 237 g/mol. The zero-order valence-corrected chi connectivity index (χ0v) is 9.90. The summed E-state index contributed by atoms with van der Waals surface area (Å²) in [7, 11) is 0. The predicted molar refractivity (Wildman–Crippen MR) is 59.8 cm³/mol. The van der Waals surface area contributed by atoms with E-state index in [-0.39, 0.29) is 12.5 Å². The van der Waals surface area contributed by atoms with Crippen LogP contribution < -0.4 is 0 Å². The summed E-state index contributed by atoms with van der Waals surface area (Å²) in [5, 5.41) is 8.88. The molecule has 1 atom stereocenters. The van der Waals surface area contributed by atoms with Crippen molar-refractivity contribution in [3.8, 4) is 0 Å². The van der Waals surface area contributed by atoms with Crippen LogP contribution in [0, 0.1) is 19.8 Å². The lowest BCUT2D eigenvalue weighted by molar-refractivity contribution is -0.141. The van der Waals surface area contributed by atoms with Crippen molar-refractivity contribution in [3.63, 3.8) is 0 Å². The topological polar surface area (TPSA) is 70.8 Å². The fraction of sp³-hybridized carbons (Fsp3) is 0.500. The van der Waals surface area contributed by atoms with Crippen LogP contribution >= 0.6 is 0 Å². The Morgan fingerprint density at radius 3 is 2.65 bits per heavy atom. The van der Waals surface area contributed by atoms with E-state index in [1.54, 1.807) is 17.9 Å². The number of carboxylic acids is 1. The summed E-state index contributed by atoms with van der Waals surface area (Å²) in [6.45, 7) is 4.35. The van der Waals surface area contributed by atoms with Crippen LogP contribution in [0.4, 0.5) is 0 Å². The van der Waals surface area contributed by atoms with Crippen LogP contribution in [-0.4, -0.2) is 35.0 Å². The SMILES string of the molecule is Cc1cc(C)c(C(=O)N2CC[C@@H](C(=O)O)C2)o1. The number of hydrogen-bond acceptors (Lipinski definition) is 3. The van der Waals surface area contributed by atoms with Gasteiger partial charge in [-0.05, 0) is 26.3 Å². The summed E-state index contributed by atoms with van der Waals surface area (Å²) in [4.78, 5) is 24.5. The number of hydrogen-bond donors (Lipinski definition) is 1. The normalized spacial score (nSPS) is 19.6. The molecular formula is C12H15NO4. The van der Waals surface area contributed by atoms with Gasteiger partial charge in [0.25, 0.3) is 5.91 Å². The molecule has 17 heavy (non-hydrogen) atoms. The van der Waals surface area contributed by atoms with E-state index in [4.69, 9.17) is 9.52 Å². The molecule has 1 aromatic heterocycles. The molecule has 1 N–H and O–H groups in total. The van der Waals surface area contributed by atoms with Crippen molar-refractivity contribution in [1.82, 2.24) is 4.90 Å². The van der Waals surface area contributed by atoms with E-state index in [0.29, 0.717) is 24.5 Å². The highest BCUT2D eigenvalue weighted by molar-refractivity contribution is 5.93. The highest BCUT2D eigenvalue weighted by Gasteiger charge is 2.32. The van der Waals surface area contributed by atoms with E-state index in [1.165, 1.54) is 0 Å². The number of amides is 1. The number of likely N-dealkylation sites (tertiary alicyclic amines) is 1. The molecule has 1 aromatic rings. The molecule has 1 amide bonds. The number of carboxylic acid groups (broad SMARTS) is 1. The van der Waals surface area contributed by atoms with Gasteiger partial charge in [0.2, 0.25) is 0 Å². The first-order valence-electron chi connectivity index (χ1n) is 5.58. The molecule has 1 saturated heterocycles. The predicted octanol–water partition coefficient (Wildman–Crippen LogP) is 1.44. The van der Waals surface area contributed by atoms with Crippen LogP contribution in [0.15, 0.2) is 10.5 Å². The average Bonchev–Trinajstić information content (AvgIpc) is 2.84. The lowest BCUT2D eigenvalue weighted by Crippen LogP contribution is -2.30. The second kappa shape index (κ2) is 4.24. The molecule has 0 aromatic carbocycles. The van der Waals surface area contributed by atoms with Gasteiger partial charge in [0.15, 0.2) is 5.76 Å². The van der Waals surface area contributed by atoms with E-state index in [1.807, 2.05) is 6.92 Å². The van der Waals surface area contributed by atoms with E-state index >= 15 is 0 Å². The number of nitrogens with zero attached hydrogens (tertiary/aromatic N) is 1. The number of rotatable bonds is 2. The summed E-state index contributed by atoms with van der Waals surface area (Å²) >= 11 is 0. The Labute approximate surface area is 99.0 Å². The third-order valence-corrected chi connectivity index (χ3v) is 3.06. The standard InChI is InChI=1S/C12H15NO4/c1-7-5-8(2)17-10(7)11(14)13-4-3-9(6-13)12(15)16/h5,9H,3-4,6H2,1-2H3,(H,15,16)/t9-/m1/s1. The summed E-state index contributed by atoms with van der Waals surface area (Å²) in [5.41, 5.74) is 0.797. The van der Waals surface area contributed by atoms with E-state index < -0.39 is 11.9 Å². The smallest absolute Gasteiger partial charge is 0.308 e. The van der Waals surface area contributed by atoms with Crippen molar-refractivity contribution in [2.75, 3.05) is 13.1 Å². The molecule has 0 spiro atoms. The van der Waals surface area contributed by atoms with Crippen LogP contribution in [-0.2, 0) is 4.79 Å². The zero-order valence-electron chi connectivity index (χ0n) is 9.90. The second-order valence-corrected chi connectivity index (χ2v) is 4.44. The minimum absolute atomic E-state index is 0.209. The summed E-state index contributed by atoms with van der Waals surface area (Å²) in [6, 6.07) is 1.80. The van der Waals surface area contributed by atoms with E-state index in [9.17, 15) is 9.59 Å². The molecular weight excluding hydrogens is 222 g/mol. The van der Waals surface area contributed by atoms with Crippen LogP contribution in [0.25, 0.3) is 0 Å². The number of aryl methyl sites for hydroxylation is 2. The van der Waals surface area contributed by atoms with Crippen LogP contribution in [0.1, 0.15) is 28.3 Å². The van der Waals surface area contributed by atoms with Gasteiger partial charge in [0, 0.05) is 18.7 Å². The third-order valence-electron chi connectivity index (χ3n) is 3.06. The highest BCUT2D eigenvalue weighted by Crippen LogP contribution is 2.22. The molecule has 92 valence electrons. The molecule has 5 nitrogen and oxygen atoms in total. The Bertz CT molecular complexity index is 463. The Kier molecular flexibility index (Phi) is 2.92. The van der Waals surface area contributed by atoms with Crippen molar-refractivity contribution < 1.29 is 19.1 Å². The molecule has 1 fully saturated rings. The first-order chi connectivity index (χ1) is 7.99. The first kappa shape index (κ1) is 11.7. The molecule has 0 saturated carbocycles. The van der Waals surface area contributed by atoms with Crippen molar-refractivity contribution in [3.05, 3.63) is 23.2 Å². The molecule has 1 aliphatic rings. The van der Waals surface area contributed by atoms with Gasteiger partial charge in [0.05, 0.1) is 5.92 Å². The van der Waals surface area contributed by atoms with Crippen LogP contribution in [0.5, 0.6) is 0 Å². The summed E-state index contributed by atoms with van der Waals surface area (Å²) in [5.74, 6) is -0.476. The van der Waals surface area contributed by atoms with Gasteiger partial charge in [-0.3, -0.25) is 9.59 Å². The van der Waals surface area contributed by atoms with Crippen LogP contribution in [0.2, 0.25) is 0 Å². The number of carbonyl (C=O) groups excluding carboxylic acids is 1. The highest BCUT2D eigenvalue weighted by atomic mass is 16.4. The number of furan rings is 1. The fourth-order valence-electron chi connectivity index (χ4n) is 2.14. The Morgan fingerprint density at radius 2 is 2.18 bits per heavy atom. The fourth-order valence-corrected chi connectivity index (χ4v) is 2.14. The van der Waals surface area contributed by atoms with E-state index in [2.05, 4.69) is 0 Å². The number of aliphatic carboxylic acids is 1. The maximum absolute atomic E-state index is 12.1. The van der Waals surface area contributed by atoms with Gasteiger partial charge in [-0.1, -0.05) is 0 Å². The molecule has 2 heterocycles. The second-order valence-electron chi connectivity index (χ2n) is 4.44. The molecule has 0 radical (unpaired) electrons. The Morgan fingerprint density at radius 1 is 1.47 bits per heavy atom. The molecule has 1 aliphatic heterocycles. The summed E-state index contributed by atoms with van der Waals surface area (Å²) < 4.78 is 5.35. The van der Waals surface area contributed by atoms with Gasteiger partial charge in [-0.25, -0.2) is 0 Å². The maximum atomic E-state index is 12.1. The van der Waals surface area contributed by atoms with Crippen molar-refractivity contribution in [2.45, 2.75) is 20.3 Å². The molecule has 5 heteroatoms. The molecule has 2 rings (SSSR count). The van der Waals surface area contributed by atoms with Crippen molar-refractivity contribution >= 4 is 11.9 Å². The van der Waals surface area contributed by atoms with Gasteiger partial charge in [-0.15, -0.1) is 0 Å². The van der Waals surface area contributed by atoms with Gasteiger partial charge < -0.3 is 14.4 Å². The zero-order chi connectivity index (χ0) is 12.6. The molecule has 0 aliphatic carbocycles. The van der Waals surface area contributed by atoms with Crippen LogP contribution in [0.3, 0.4) is 0 Å². The summed E-state index contributed by atoms with van der Waals surface area (Å²) in [6.07, 6.45) is 0.514. The maximum Gasteiger partial charge on any atom is 0.308 e. The van der Waals surface area contributed by atoms with Crippen molar-refractivity contribution in [2.24, 2.45) is 5.92 Å². The largest absolute Gasteiger partial charge is 0.481 e. The van der Waals surface area contributed by atoms with Gasteiger partial charge in [-0.2, -0.15) is 0 Å². The van der Waals surface area contributed by atoms with Crippen molar-refractivity contribution in [1.29, 1.82) is 0 Å². The third kappa shape index (κ3) is 2.18. The lowest BCUT2D eigenvalue weighted by atomic mass is 10.1. The van der Waals surface area contributed by atoms with E-state index in [0.717, 1.165) is 5.56 Å².